The van der Waals surface area contributed by atoms with Crippen molar-refractivity contribution >= 4 is 34.8 Å². The summed E-state index contributed by atoms with van der Waals surface area (Å²) in [5.41, 5.74) is 4.03. The number of hydrogen-bond acceptors (Lipinski definition) is 1. The van der Waals surface area contributed by atoms with Gasteiger partial charge in [-0.15, -0.1) is 0 Å². The van der Waals surface area contributed by atoms with Crippen LogP contribution in [-0.4, -0.2) is 5.91 Å². The lowest BCUT2D eigenvalue weighted by molar-refractivity contribution is -0.111. The van der Waals surface area contributed by atoms with Crippen LogP contribution in [0.5, 0.6) is 0 Å². The van der Waals surface area contributed by atoms with Crippen molar-refractivity contribution in [3.8, 4) is 0 Å². The summed E-state index contributed by atoms with van der Waals surface area (Å²) < 4.78 is 0. The standard InChI is InChI=1S/C22H18ClNO/c1-16-9-5-8-14-21(16)24-22(25)19(17-10-3-2-4-11-17)15-18-12-6-7-13-20(18)23/h2-15H,1H3,(H,24,25)/b19-15+. The molecule has 0 atom stereocenters. The molecular formula is C22H18ClNO. The van der Waals surface area contributed by atoms with Crippen LogP contribution < -0.4 is 5.32 Å². The highest BCUT2D eigenvalue weighted by Gasteiger charge is 2.14. The summed E-state index contributed by atoms with van der Waals surface area (Å²) in [5, 5.41) is 3.61. The lowest BCUT2D eigenvalue weighted by atomic mass is 10.0. The van der Waals surface area contributed by atoms with Gasteiger partial charge in [-0.1, -0.05) is 78.3 Å². The van der Waals surface area contributed by atoms with Gasteiger partial charge >= 0.3 is 0 Å². The largest absolute Gasteiger partial charge is 0.322 e. The molecule has 0 saturated carbocycles. The van der Waals surface area contributed by atoms with Crippen LogP contribution in [0.3, 0.4) is 0 Å². The number of carbonyl (C=O) groups is 1. The highest BCUT2D eigenvalue weighted by atomic mass is 35.5. The second kappa shape index (κ2) is 7.82. The first-order valence-corrected chi connectivity index (χ1v) is 8.41. The maximum Gasteiger partial charge on any atom is 0.256 e. The highest BCUT2D eigenvalue weighted by Crippen LogP contribution is 2.25. The molecule has 0 aliphatic heterocycles. The molecule has 3 aromatic rings. The van der Waals surface area contributed by atoms with Gasteiger partial charge in [-0.25, -0.2) is 0 Å². The van der Waals surface area contributed by atoms with Crippen LogP contribution >= 0.6 is 11.6 Å². The van der Waals surface area contributed by atoms with Gasteiger partial charge in [-0.2, -0.15) is 0 Å². The summed E-state index contributed by atoms with van der Waals surface area (Å²) in [6.07, 6.45) is 1.82. The van der Waals surface area contributed by atoms with Crippen molar-refractivity contribution < 1.29 is 4.79 Å². The van der Waals surface area contributed by atoms with Crippen molar-refractivity contribution in [1.82, 2.24) is 0 Å². The van der Waals surface area contributed by atoms with Crippen molar-refractivity contribution in [3.05, 3.63) is 101 Å². The normalized spacial score (nSPS) is 11.2. The van der Waals surface area contributed by atoms with Crippen molar-refractivity contribution in [2.24, 2.45) is 0 Å². The third-order valence-corrected chi connectivity index (χ3v) is 4.27. The fourth-order valence-corrected chi connectivity index (χ4v) is 2.74. The van der Waals surface area contributed by atoms with Gasteiger partial charge in [0.25, 0.3) is 5.91 Å². The Morgan fingerprint density at radius 2 is 1.52 bits per heavy atom. The Morgan fingerprint density at radius 1 is 0.880 bits per heavy atom. The van der Waals surface area contributed by atoms with Gasteiger partial charge in [-0.3, -0.25) is 4.79 Å². The first kappa shape index (κ1) is 17.0. The van der Waals surface area contributed by atoms with Gasteiger partial charge in [0.1, 0.15) is 0 Å². The van der Waals surface area contributed by atoms with Gasteiger partial charge in [0, 0.05) is 16.3 Å². The van der Waals surface area contributed by atoms with Gasteiger partial charge in [0.2, 0.25) is 0 Å². The zero-order chi connectivity index (χ0) is 17.6. The quantitative estimate of drug-likeness (QED) is 0.467. The van der Waals surface area contributed by atoms with Crippen LogP contribution in [0.2, 0.25) is 5.02 Å². The third kappa shape index (κ3) is 4.17. The van der Waals surface area contributed by atoms with Gasteiger partial charge in [-0.05, 0) is 41.8 Å². The molecular weight excluding hydrogens is 330 g/mol. The molecule has 3 aromatic carbocycles. The summed E-state index contributed by atoms with van der Waals surface area (Å²) in [5.74, 6) is -0.166. The Balaban J connectivity index is 2.01. The summed E-state index contributed by atoms with van der Waals surface area (Å²) in [7, 11) is 0. The van der Waals surface area contributed by atoms with Gasteiger partial charge < -0.3 is 5.32 Å². The fourth-order valence-electron chi connectivity index (χ4n) is 2.55. The molecule has 0 heterocycles. The molecule has 0 radical (unpaired) electrons. The smallest absolute Gasteiger partial charge is 0.256 e. The first-order chi connectivity index (χ1) is 12.1. The number of aryl methyl sites for hydroxylation is 1. The number of amides is 1. The topological polar surface area (TPSA) is 29.1 Å². The molecule has 3 heteroatoms. The fraction of sp³-hybridized carbons (Fsp3) is 0.0455. The van der Waals surface area contributed by atoms with Crippen LogP contribution in [0.1, 0.15) is 16.7 Å². The van der Waals surface area contributed by atoms with Crippen LogP contribution in [0.15, 0.2) is 78.9 Å². The molecule has 124 valence electrons. The zero-order valence-corrected chi connectivity index (χ0v) is 14.6. The molecule has 0 spiro atoms. The Hall–Kier alpha value is -2.84. The predicted octanol–water partition coefficient (Wildman–Crippen LogP) is 5.83. The third-order valence-electron chi connectivity index (χ3n) is 3.93. The molecule has 0 aliphatic rings. The predicted molar refractivity (Wildman–Crippen MR) is 106 cm³/mol. The molecule has 3 rings (SSSR count). The van der Waals surface area contributed by atoms with E-state index >= 15 is 0 Å². The summed E-state index contributed by atoms with van der Waals surface area (Å²) in [6, 6.07) is 24.8. The van der Waals surface area contributed by atoms with Crippen molar-refractivity contribution in [2.75, 3.05) is 5.32 Å². The van der Waals surface area contributed by atoms with E-state index in [0.29, 0.717) is 10.6 Å². The number of nitrogens with one attached hydrogen (secondary N) is 1. The number of carbonyl (C=O) groups excluding carboxylic acids is 1. The molecule has 0 unspecified atom stereocenters. The number of anilines is 1. The summed E-state index contributed by atoms with van der Waals surface area (Å²) in [6.45, 7) is 1.97. The molecule has 0 aliphatic carbocycles. The minimum absolute atomic E-state index is 0.166. The van der Waals surface area contributed by atoms with E-state index in [2.05, 4.69) is 5.32 Å². The van der Waals surface area contributed by atoms with E-state index in [4.69, 9.17) is 11.6 Å². The number of hydrogen-bond donors (Lipinski definition) is 1. The zero-order valence-electron chi connectivity index (χ0n) is 13.9. The maximum absolute atomic E-state index is 13.0. The monoisotopic (exact) mass is 347 g/mol. The van der Waals surface area contributed by atoms with E-state index < -0.39 is 0 Å². The first-order valence-electron chi connectivity index (χ1n) is 8.04. The Morgan fingerprint density at radius 3 is 2.24 bits per heavy atom. The second-order valence-electron chi connectivity index (χ2n) is 5.71. The molecule has 1 N–H and O–H groups in total. The molecule has 1 amide bonds. The second-order valence-corrected chi connectivity index (χ2v) is 6.12. The van der Waals surface area contributed by atoms with E-state index in [1.165, 1.54) is 0 Å². The van der Waals surface area contributed by atoms with E-state index in [1.54, 1.807) is 0 Å². The van der Waals surface area contributed by atoms with Crippen molar-refractivity contribution in [2.45, 2.75) is 6.92 Å². The van der Waals surface area contributed by atoms with Crippen LogP contribution in [0.4, 0.5) is 5.69 Å². The number of benzene rings is 3. The molecule has 2 nitrogen and oxygen atoms in total. The Labute approximate surface area is 152 Å². The van der Waals surface area contributed by atoms with Crippen LogP contribution in [0, 0.1) is 6.92 Å². The SMILES string of the molecule is Cc1ccccc1NC(=O)/C(=C/c1ccccc1Cl)c1ccccc1. The van der Waals surface area contributed by atoms with E-state index in [1.807, 2.05) is 91.9 Å². The lowest BCUT2D eigenvalue weighted by Gasteiger charge is -2.12. The van der Waals surface area contributed by atoms with E-state index in [-0.39, 0.29) is 5.91 Å². The number of para-hydroxylation sites is 1. The van der Waals surface area contributed by atoms with Crippen LogP contribution in [-0.2, 0) is 4.79 Å². The summed E-state index contributed by atoms with van der Waals surface area (Å²) >= 11 is 6.27. The van der Waals surface area contributed by atoms with Crippen LogP contribution in [0.25, 0.3) is 11.6 Å². The van der Waals surface area contributed by atoms with E-state index in [9.17, 15) is 4.79 Å². The van der Waals surface area contributed by atoms with Gasteiger partial charge in [0.05, 0.1) is 0 Å². The molecule has 0 bridgehead atoms. The lowest BCUT2D eigenvalue weighted by Crippen LogP contribution is -2.14. The molecule has 0 saturated heterocycles. The molecule has 0 fully saturated rings. The molecule has 0 aromatic heterocycles. The minimum Gasteiger partial charge on any atom is -0.322 e. The van der Waals surface area contributed by atoms with Crippen molar-refractivity contribution in [3.63, 3.8) is 0 Å². The summed E-state index contributed by atoms with van der Waals surface area (Å²) in [4.78, 5) is 13.0. The highest BCUT2D eigenvalue weighted by molar-refractivity contribution is 6.34. The molecule has 25 heavy (non-hydrogen) atoms. The number of rotatable bonds is 4. The Kier molecular flexibility index (Phi) is 5.32. The Bertz CT molecular complexity index is 916. The average Bonchev–Trinajstić information content (AvgIpc) is 2.63. The van der Waals surface area contributed by atoms with E-state index in [0.717, 1.165) is 22.4 Å². The maximum atomic E-state index is 13.0. The average molecular weight is 348 g/mol. The number of halogens is 1. The minimum atomic E-state index is -0.166. The van der Waals surface area contributed by atoms with Crippen molar-refractivity contribution in [1.29, 1.82) is 0 Å². The van der Waals surface area contributed by atoms with Gasteiger partial charge in [0.15, 0.2) is 0 Å².